The molecule has 0 spiro atoms. The van der Waals surface area contributed by atoms with E-state index >= 15 is 0 Å². The van der Waals surface area contributed by atoms with E-state index in [4.69, 9.17) is 5.73 Å². The molecule has 1 atom stereocenters. The normalized spacial score (nSPS) is 13.6. The molecule has 0 heterocycles. The Balaban J connectivity index is 3.69. The van der Waals surface area contributed by atoms with Crippen LogP contribution in [0.3, 0.4) is 0 Å². The quantitative estimate of drug-likeness (QED) is 0.586. The molecule has 3 N–H and O–H groups in total. The summed E-state index contributed by atoms with van der Waals surface area (Å²) >= 11 is 0. The number of hydrazine groups is 1. The van der Waals surface area contributed by atoms with Gasteiger partial charge in [0.2, 0.25) is 5.91 Å². The van der Waals surface area contributed by atoms with Crippen LogP contribution in [-0.4, -0.2) is 31.1 Å². The molecule has 0 fully saturated rings. The van der Waals surface area contributed by atoms with Gasteiger partial charge in [0.25, 0.3) is 0 Å². The summed E-state index contributed by atoms with van der Waals surface area (Å²) in [5, 5.41) is 1.62. The Hall–Kier alpha value is -0.610. The van der Waals surface area contributed by atoms with Crippen LogP contribution in [0.1, 0.15) is 20.3 Å². The van der Waals surface area contributed by atoms with Gasteiger partial charge in [-0.3, -0.25) is 10.2 Å². The molecule has 0 aliphatic carbocycles. The second-order valence-corrected chi connectivity index (χ2v) is 3.54. The number of nitrogens with two attached hydrogens (primary N) is 1. The molecule has 4 nitrogen and oxygen atoms in total. The fourth-order valence-corrected chi connectivity index (χ4v) is 0.745. The molecule has 12 heavy (non-hydrogen) atoms. The van der Waals surface area contributed by atoms with Crippen LogP contribution >= 0.6 is 0 Å². The van der Waals surface area contributed by atoms with Gasteiger partial charge in [0.15, 0.2) is 0 Å². The summed E-state index contributed by atoms with van der Waals surface area (Å²) < 4.78 is 0. The van der Waals surface area contributed by atoms with Crippen molar-refractivity contribution < 1.29 is 4.79 Å². The molecule has 0 rings (SSSR count). The summed E-state index contributed by atoms with van der Waals surface area (Å²) in [7, 11) is 3.55. The number of carbonyl (C=O) groups excluding carboxylic acids is 1. The Labute approximate surface area is 74.1 Å². The van der Waals surface area contributed by atoms with E-state index in [1.807, 2.05) is 13.8 Å². The van der Waals surface area contributed by atoms with Gasteiger partial charge in [0.1, 0.15) is 0 Å². The molecule has 1 unspecified atom stereocenters. The number of hydrogen-bond acceptors (Lipinski definition) is 3. The first-order chi connectivity index (χ1) is 5.43. The number of nitrogens with zero attached hydrogens (tertiary/aromatic N) is 1. The number of rotatable bonds is 4. The van der Waals surface area contributed by atoms with E-state index in [2.05, 4.69) is 5.43 Å². The van der Waals surface area contributed by atoms with Gasteiger partial charge in [0, 0.05) is 26.6 Å². The zero-order chi connectivity index (χ0) is 9.72. The third-order valence-corrected chi connectivity index (χ3v) is 1.63. The van der Waals surface area contributed by atoms with E-state index in [1.165, 1.54) is 0 Å². The molecule has 0 aliphatic rings. The Morgan fingerprint density at radius 2 is 2.00 bits per heavy atom. The maximum atomic E-state index is 11.1. The van der Waals surface area contributed by atoms with Crippen LogP contribution in [0.25, 0.3) is 0 Å². The molecule has 0 aromatic heterocycles. The summed E-state index contributed by atoms with van der Waals surface area (Å²) in [5.41, 5.74) is 8.36. The van der Waals surface area contributed by atoms with E-state index in [9.17, 15) is 4.79 Å². The lowest BCUT2D eigenvalue weighted by Gasteiger charge is -2.17. The van der Waals surface area contributed by atoms with Crippen molar-refractivity contribution >= 4 is 5.91 Å². The third kappa shape index (κ3) is 5.09. The van der Waals surface area contributed by atoms with E-state index in [-0.39, 0.29) is 11.9 Å². The van der Waals surface area contributed by atoms with Gasteiger partial charge >= 0.3 is 0 Å². The SMILES string of the molecule is CC(C)C(N)CC(=O)NN(C)C. The summed E-state index contributed by atoms with van der Waals surface area (Å²) in [6, 6.07) is -0.0510. The molecule has 72 valence electrons. The van der Waals surface area contributed by atoms with Gasteiger partial charge in [-0.05, 0) is 5.92 Å². The van der Waals surface area contributed by atoms with E-state index < -0.39 is 0 Å². The van der Waals surface area contributed by atoms with Gasteiger partial charge in [-0.15, -0.1) is 0 Å². The molecule has 0 saturated heterocycles. The van der Waals surface area contributed by atoms with Crippen LogP contribution in [-0.2, 0) is 4.79 Å². The maximum absolute atomic E-state index is 11.1. The lowest BCUT2D eigenvalue weighted by molar-refractivity contribution is -0.125. The average molecular weight is 173 g/mol. The van der Waals surface area contributed by atoms with E-state index in [0.29, 0.717) is 12.3 Å². The first-order valence-corrected chi connectivity index (χ1v) is 4.16. The highest BCUT2D eigenvalue weighted by Gasteiger charge is 2.12. The number of amides is 1. The Morgan fingerprint density at radius 1 is 1.50 bits per heavy atom. The maximum Gasteiger partial charge on any atom is 0.235 e. The molecular formula is C8H19N3O. The van der Waals surface area contributed by atoms with Gasteiger partial charge < -0.3 is 5.73 Å². The smallest absolute Gasteiger partial charge is 0.235 e. The second kappa shape index (κ2) is 5.11. The Morgan fingerprint density at radius 3 is 2.33 bits per heavy atom. The molecule has 0 saturated carbocycles. The molecule has 4 heteroatoms. The van der Waals surface area contributed by atoms with E-state index in [0.717, 1.165) is 0 Å². The number of hydrogen-bond donors (Lipinski definition) is 2. The Bertz CT molecular complexity index is 145. The van der Waals surface area contributed by atoms with Crippen LogP contribution in [0, 0.1) is 5.92 Å². The largest absolute Gasteiger partial charge is 0.327 e. The van der Waals surface area contributed by atoms with Crippen molar-refractivity contribution in [3.63, 3.8) is 0 Å². The summed E-state index contributed by atoms with van der Waals surface area (Å²) in [4.78, 5) is 11.1. The fourth-order valence-electron chi connectivity index (χ4n) is 0.745. The average Bonchev–Trinajstić information content (AvgIpc) is 1.84. The van der Waals surface area contributed by atoms with Crippen LogP contribution in [0.2, 0.25) is 0 Å². The minimum absolute atomic E-state index is 0.0267. The van der Waals surface area contributed by atoms with Crippen molar-refractivity contribution in [1.29, 1.82) is 0 Å². The highest BCUT2D eigenvalue weighted by atomic mass is 16.2. The first kappa shape index (κ1) is 11.4. The van der Waals surface area contributed by atoms with E-state index in [1.54, 1.807) is 19.1 Å². The van der Waals surface area contributed by atoms with Gasteiger partial charge in [-0.25, -0.2) is 5.01 Å². The Kier molecular flexibility index (Phi) is 4.85. The summed E-state index contributed by atoms with van der Waals surface area (Å²) in [6.45, 7) is 4.02. The highest BCUT2D eigenvalue weighted by molar-refractivity contribution is 5.75. The van der Waals surface area contributed by atoms with Gasteiger partial charge in [-0.2, -0.15) is 0 Å². The van der Waals surface area contributed by atoms with Gasteiger partial charge in [0.05, 0.1) is 0 Å². The molecule has 0 radical (unpaired) electrons. The van der Waals surface area contributed by atoms with Crippen molar-refractivity contribution in [1.82, 2.24) is 10.4 Å². The highest BCUT2D eigenvalue weighted by Crippen LogP contribution is 2.01. The van der Waals surface area contributed by atoms with Crippen molar-refractivity contribution in [2.24, 2.45) is 11.7 Å². The lowest BCUT2D eigenvalue weighted by Crippen LogP contribution is -2.40. The zero-order valence-electron chi connectivity index (χ0n) is 8.29. The number of nitrogens with one attached hydrogen (secondary N) is 1. The van der Waals surface area contributed by atoms with Crippen LogP contribution in [0.15, 0.2) is 0 Å². The van der Waals surface area contributed by atoms with Crippen molar-refractivity contribution in [3.05, 3.63) is 0 Å². The van der Waals surface area contributed by atoms with Crippen molar-refractivity contribution in [2.45, 2.75) is 26.3 Å². The minimum Gasteiger partial charge on any atom is -0.327 e. The van der Waals surface area contributed by atoms with Crippen LogP contribution in [0.4, 0.5) is 0 Å². The summed E-state index contributed by atoms with van der Waals surface area (Å²) in [6.07, 6.45) is 0.385. The van der Waals surface area contributed by atoms with Crippen molar-refractivity contribution in [2.75, 3.05) is 14.1 Å². The topological polar surface area (TPSA) is 58.4 Å². The molecule has 0 bridgehead atoms. The lowest BCUT2D eigenvalue weighted by atomic mass is 10.0. The van der Waals surface area contributed by atoms with Crippen LogP contribution in [0.5, 0.6) is 0 Å². The first-order valence-electron chi connectivity index (χ1n) is 4.16. The number of carbonyl (C=O) groups is 1. The van der Waals surface area contributed by atoms with Crippen molar-refractivity contribution in [3.8, 4) is 0 Å². The molecule has 0 aliphatic heterocycles. The minimum atomic E-state index is -0.0510. The summed E-state index contributed by atoms with van der Waals surface area (Å²) in [5.74, 6) is 0.319. The van der Waals surface area contributed by atoms with Crippen LogP contribution < -0.4 is 11.2 Å². The third-order valence-electron chi connectivity index (χ3n) is 1.63. The predicted molar refractivity (Wildman–Crippen MR) is 49.3 cm³/mol. The van der Waals surface area contributed by atoms with Gasteiger partial charge in [-0.1, -0.05) is 13.8 Å². The predicted octanol–water partition coefficient (Wildman–Crippen LogP) is -0.0474. The fraction of sp³-hybridized carbons (Fsp3) is 0.875. The standard InChI is InChI=1S/C8H19N3O/c1-6(2)7(9)5-8(12)10-11(3)4/h6-7H,5,9H2,1-4H3,(H,10,12). The molecule has 1 amide bonds. The monoisotopic (exact) mass is 173 g/mol. The molecule has 0 aromatic carbocycles. The second-order valence-electron chi connectivity index (χ2n) is 3.54. The zero-order valence-corrected chi connectivity index (χ0v) is 8.29. The molecule has 0 aromatic rings. The molecular weight excluding hydrogens is 154 g/mol.